The van der Waals surface area contributed by atoms with Gasteiger partial charge in [0.1, 0.15) is 6.04 Å². The fourth-order valence-electron chi connectivity index (χ4n) is 2.01. The van der Waals surface area contributed by atoms with Gasteiger partial charge in [0, 0.05) is 5.41 Å². The summed E-state index contributed by atoms with van der Waals surface area (Å²) in [5, 5.41) is 10.5. The van der Waals surface area contributed by atoms with Gasteiger partial charge in [0.15, 0.2) is 0 Å². The number of halogens is 3. The van der Waals surface area contributed by atoms with Gasteiger partial charge in [-0.3, -0.25) is 4.79 Å². The molecular formula is C10H14F3NO3. The van der Waals surface area contributed by atoms with Crippen LogP contribution in [0.15, 0.2) is 0 Å². The molecule has 1 aliphatic rings. The number of carbonyl (C=O) groups is 2. The molecule has 1 unspecified atom stereocenters. The third-order valence-electron chi connectivity index (χ3n) is 3.33. The molecule has 0 radical (unpaired) electrons. The van der Waals surface area contributed by atoms with Gasteiger partial charge in [-0.2, -0.15) is 13.2 Å². The Bertz CT molecular complexity index is 334. The molecule has 1 saturated carbocycles. The van der Waals surface area contributed by atoms with Gasteiger partial charge in [0.25, 0.3) is 0 Å². The zero-order valence-corrected chi connectivity index (χ0v) is 9.47. The van der Waals surface area contributed by atoms with Gasteiger partial charge < -0.3 is 10.4 Å². The maximum atomic E-state index is 12.1. The number of hydrogen-bond acceptors (Lipinski definition) is 2. The van der Waals surface area contributed by atoms with Crippen molar-refractivity contribution in [2.45, 2.75) is 38.9 Å². The Kier molecular flexibility index (Phi) is 3.40. The molecule has 0 bridgehead atoms. The Morgan fingerprint density at radius 2 is 1.76 bits per heavy atom. The quantitative estimate of drug-likeness (QED) is 0.798. The lowest BCUT2D eigenvalue weighted by Crippen LogP contribution is -2.52. The minimum atomic E-state index is -5.05. The minimum absolute atomic E-state index is 0.0999. The number of amides is 1. The van der Waals surface area contributed by atoms with Crippen molar-refractivity contribution in [1.82, 2.24) is 5.32 Å². The molecule has 7 heteroatoms. The molecule has 0 heterocycles. The summed E-state index contributed by atoms with van der Waals surface area (Å²) in [5.41, 5.74) is -0.743. The van der Waals surface area contributed by atoms with Crippen LogP contribution in [0.3, 0.4) is 0 Å². The van der Waals surface area contributed by atoms with Crippen molar-refractivity contribution in [3.63, 3.8) is 0 Å². The van der Waals surface area contributed by atoms with Crippen LogP contribution in [-0.4, -0.2) is 29.2 Å². The van der Waals surface area contributed by atoms with Crippen molar-refractivity contribution in [2.75, 3.05) is 0 Å². The molecule has 98 valence electrons. The van der Waals surface area contributed by atoms with Gasteiger partial charge in [-0.05, 0) is 18.8 Å². The first kappa shape index (κ1) is 13.8. The van der Waals surface area contributed by atoms with Crippen molar-refractivity contribution < 1.29 is 27.9 Å². The van der Waals surface area contributed by atoms with Crippen molar-refractivity contribution in [3.05, 3.63) is 0 Å². The first-order valence-corrected chi connectivity index (χ1v) is 5.22. The first-order chi connectivity index (χ1) is 7.61. The van der Waals surface area contributed by atoms with Crippen LogP contribution in [0.1, 0.15) is 26.7 Å². The predicted molar refractivity (Wildman–Crippen MR) is 52.1 cm³/mol. The van der Waals surface area contributed by atoms with E-state index in [0.29, 0.717) is 12.8 Å². The van der Waals surface area contributed by atoms with E-state index in [1.807, 2.05) is 0 Å². The normalized spacial score (nSPS) is 19.9. The third-order valence-corrected chi connectivity index (χ3v) is 3.33. The molecule has 0 saturated heterocycles. The summed E-state index contributed by atoms with van der Waals surface area (Å²) >= 11 is 0. The second-order valence-corrected chi connectivity index (χ2v) is 4.63. The Hall–Kier alpha value is -1.27. The van der Waals surface area contributed by atoms with E-state index in [1.165, 1.54) is 0 Å². The van der Waals surface area contributed by atoms with Gasteiger partial charge in [0.2, 0.25) is 0 Å². The lowest BCUT2D eigenvalue weighted by Gasteiger charge is -2.28. The van der Waals surface area contributed by atoms with E-state index >= 15 is 0 Å². The fourth-order valence-corrected chi connectivity index (χ4v) is 2.01. The fraction of sp³-hybridized carbons (Fsp3) is 0.800. The smallest absolute Gasteiger partial charge is 0.471 e. The second kappa shape index (κ2) is 4.19. The Labute approximate surface area is 96.2 Å². The second-order valence-electron chi connectivity index (χ2n) is 4.63. The van der Waals surface area contributed by atoms with Crippen molar-refractivity contribution in [2.24, 2.45) is 11.3 Å². The van der Waals surface area contributed by atoms with Crippen LogP contribution in [0.4, 0.5) is 13.2 Å². The largest absolute Gasteiger partial charge is 0.480 e. The van der Waals surface area contributed by atoms with Crippen LogP contribution < -0.4 is 5.32 Å². The molecule has 0 aromatic heterocycles. The topological polar surface area (TPSA) is 66.4 Å². The average Bonchev–Trinajstić information content (AvgIpc) is 2.92. The summed E-state index contributed by atoms with van der Waals surface area (Å²) in [5.74, 6) is -3.72. The zero-order valence-electron chi connectivity index (χ0n) is 9.47. The molecule has 4 nitrogen and oxygen atoms in total. The molecule has 0 aliphatic heterocycles. The van der Waals surface area contributed by atoms with E-state index in [0.717, 1.165) is 0 Å². The number of rotatable bonds is 4. The SMILES string of the molecule is CC(C)C1(C(NC(=O)C(F)(F)F)C(=O)O)CC1. The van der Waals surface area contributed by atoms with Gasteiger partial charge >= 0.3 is 18.1 Å². The highest BCUT2D eigenvalue weighted by molar-refractivity contribution is 5.87. The number of alkyl halides is 3. The van der Waals surface area contributed by atoms with Gasteiger partial charge in [-0.15, -0.1) is 0 Å². The van der Waals surface area contributed by atoms with E-state index in [2.05, 4.69) is 0 Å². The zero-order chi connectivity index (χ0) is 13.4. The number of carbonyl (C=O) groups excluding carboxylic acids is 1. The molecule has 17 heavy (non-hydrogen) atoms. The van der Waals surface area contributed by atoms with Gasteiger partial charge in [0.05, 0.1) is 0 Å². The predicted octanol–water partition coefficient (Wildman–Crippen LogP) is 1.55. The standard InChI is InChI=1S/C10H14F3NO3/c1-5(2)9(3-4-9)6(7(15)16)14-8(17)10(11,12)13/h5-6H,3-4H2,1-2H3,(H,14,17)(H,15,16). The molecule has 0 spiro atoms. The number of aliphatic carboxylic acids is 1. The summed E-state index contributed by atoms with van der Waals surface area (Å²) in [6, 6.07) is -1.48. The van der Waals surface area contributed by atoms with Gasteiger partial charge in [-0.1, -0.05) is 13.8 Å². The Morgan fingerprint density at radius 3 is 2.00 bits per heavy atom. The highest BCUT2D eigenvalue weighted by atomic mass is 19.4. The summed E-state index contributed by atoms with van der Waals surface area (Å²) in [6.45, 7) is 3.48. The third kappa shape index (κ3) is 2.70. The van der Waals surface area contributed by atoms with Crippen LogP contribution in [0.25, 0.3) is 0 Å². The number of carboxylic acid groups (broad SMARTS) is 1. The molecule has 0 aromatic rings. The Morgan fingerprint density at radius 1 is 1.29 bits per heavy atom. The summed E-state index contributed by atoms with van der Waals surface area (Å²) in [4.78, 5) is 21.7. The number of carboxylic acids is 1. The first-order valence-electron chi connectivity index (χ1n) is 5.22. The lowest BCUT2D eigenvalue weighted by molar-refractivity contribution is -0.176. The number of hydrogen-bond donors (Lipinski definition) is 2. The van der Waals surface area contributed by atoms with Crippen LogP contribution in [0, 0.1) is 11.3 Å². The molecular weight excluding hydrogens is 239 g/mol. The van der Waals surface area contributed by atoms with Crippen molar-refractivity contribution in [3.8, 4) is 0 Å². The summed E-state index contributed by atoms with van der Waals surface area (Å²) in [6.07, 6.45) is -4.03. The Balaban J connectivity index is 2.83. The average molecular weight is 253 g/mol. The van der Waals surface area contributed by atoms with E-state index < -0.39 is 29.5 Å². The monoisotopic (exact) mass is 253 g/mol. The maximum absolute atomic E-state index is 12.1. The van der Waals surface area contributed by atoms with Gasteiger partial charge in [-0.25, -0.2) is 4.79 Å². The molecule has 1 fully saturated rings. The van der Waals surface area contributed by atoms with E-state index in [9.17, 15) is 22.8 Å². The number of nitrogens with one attached hydrogen (secondary N) is 1. The molecule has 1 rings (SSSR count). The summed E-state index contributed by atoms with van der Waals surface area (Å²) < 4.78 is 36.2. The minimum Gasteiger partial charge on any atom is -0.480 e. The van der Waals surface area contributed by atoms with Crippen LogP contribution in [0.2, 0.25) is 0 Å². The van der Waals surface area contributed by atoms with Crippen molar-refractivity contribution in [1.29, 1.82) is 0 Å². The van der Waals surface area contributed by atoms with E-state index in [-0.39, 0.29) is 5.92 Å². The van der Waals surface area contributed by atoms with E-state index in [4.69, 9.17) is 5.11 Å². The highest BCUT2D eigenvalue weighted by Crippen LogP contribution is 2.54. The van der Waals surface area contributed by atoms with E-state index in [1.54, 1.807) is 19.2 Å². The van der Waals surface area contributed by atoms with Crippen LogP contribution in [-0.2, 0) is 9.59 Å². The van der Waals surface area contributed by atoms with Crippen molar-refractivity contribution >= 4 is 11.9 Å². The maximum Gasteiger partial charge on any atom is 0.471 e. The molecule has 1 aliphatic carbocycles. The van der Waals surface area contributed by atoms with Crippen LogP contribution >= 0.6 is 0 Å². The highest BCUT2D eigenvalue weighted by Gasteiger charge is 2.56. The molecule has 0 aromatic carbocycles. The summed E-state index contributed by atoms with van der Waals surface area (Å²) in [7, 11) is 0. The molecule has 1 amide bonds. The molecule has 1 atom stereocenters. The van der Waals surface area contributed by atoms with Crippen LogP contribution in [0.5, 0.6) is 0 Å². The lowest BCUT2D eigenvalue weighted by atomic mass is 9.84. The molecule has 2 N–H and O–H groups in total.